The molecule has 0 spiro atoms. The molecule has 1 atom stereocenters. The van der Waals surface area contributed by atoms with Crippen molar-refractivity contribution in [2.24, 2.45) is 0 Å². The summed E-state index contributed by atoms with van der Waals surface area (Å²) in [6.07, 6.45) is 1.66. The van der Waals surface area contributed by atoms with Gasteiger partial charge in [0.25, 0.3) is 0 Å². The molecule has 1 saturated heterocycles. The highest BCUT2D eigenvalue weighted by molar-refractivity contribution is 7.92. The number of sulfone groups is 1. The van der Waals surface area contributed by atoms with Crippen LogP contribution in [0.15, 0.2) is 0 Å². The zero-order valence-electron chi connectivity index (χ0n) is 9.61. The topological polar surface area (TPSA) is 99.1 Å². The molecule has 0 aromatic carbocycles. The molecule has 0 bridgehead atoms. The Morgan fingerprint density at radius 3 is 2.82 bits per heavy atom. The number of rotatable bonds is 6. The molecule has 6 nitrogen and oxygen atoms in total. The van der Waals surface area contributed by atoms with Crippen LogP contribution in [0, 0.1) is 11.3 Å². The number of nitriles is 1. The highest BCUT2D eigenvalue weighted by Crippen LogP contribution is 2.18. The van der Waals surface area contributed by atoms with Gasteiger partial charge >= 0.3 is 0 Å². The molecule has 2 N–H and O–H groups in total. The van der Waals surface area contributed by atoms with Crippen LogP contribution in [-0.2, 0) is 14.6 Å². The monoisotopic (exact) mass is 259 g/mol. The van der Waals surface area contributed by atoms with E-state index in [1.165, 1.54) is 0 Å². The molecule has 0 aliphatic carbocycles. The van der Waals surface area contributed by atoms with Gasteiger partial charge in [-0.25, -0.2) is 8.42 Å². The summed E-state index contributed by atoms with van der Waals surface area (Å²) in [5.74, 6) is 0.0453. The Hall–Kier alpha value is -1.13. The predicted molar refractivity (Wildman–Crippen MR) is 62.9 cm³/mol. The highest BCUT2D eigenvalue weighted by Gasteiger charge is 2.30. The third-order valence-electron chi connectivity index (χ3n) is 2.68. The molecule has 1 aliphatic heterocycles. The second-order valence-corrected chi connectivity index (χ2v) is 6.42. The van der Waals surface area contributed by atoms with Crippen molar-refractivity contribution in [3.05, 3.63) is 0 Å². The number of carbonyl (C=O) groups is 1. The Morgan fingerprint density at radius 2 is 2.24 bits per heavy atom. The molecule has 1 aliphatic rings. The molecule has 1 rings (SSSR count). The van der Waals surface area contributed by atoms with Gasteiger partial charge in [-0.2, -0.15) is 5.26 Å². The van der Waals surface area contributed by atoms with Gasteiger partial charge in [0.05, 0.1) is 30.0 Å². The van der Waals surface area contributed by atoms with Crippen LogP contribution in [0.1, 0.15) is 19.3 Å². The van der Waals surface area contributed by atoms with E-state index in [-0.39, 0.29) is 29.9 Å². The Kier molecular flexibility index (Phi) is 5.38. The fourth-order valence-electron chi connectivity index (χ4n) is 1.75. The van der Waals surface area contributed by atoms with Gasteiger partial charge in [-0.3, -0.25) is 4.79 Å². The highest BCUT2D eigenvalue weighted by atomic mass is 32.2. The van der Waals surface area contributed by atoms with Gasteiger partial charge in [0, 0.05) is 13.1 Å². The third kappa shape index (κ3) is 4.71. The largest absolute Gasteiger partial charge is 0.354 e. The van der Waals surface area contributed by atoms with Gasteiger partial charge in [0.15, 0.2) is 9.84 Å². The zero-order chi connectivity index (χ0) is 12.7. The van der Waals surface area contributed by atoms with Crippen LogP contribution in [0.25, 0.3) is 0 Å². The lowest BCUT2D eigenvalue weighted by Crippen LogP contribution is -2.38. The minimum absolute atomic E-state index is 0.0947. The zero-order valence-corrected chi connectivity index (χ0v) is 10.4. The summed E-state index contributed by atoms with van der Waals surface area (Å²) < 4.78 is 22.9. The molecule has 0 saturated carbocycles. The Labute approximate surface area is 101 Å². The van der Waals surface area contributed by atoms with Crippen molar-refractivity contribution in [2.45, 2.75) is 24.5 Å². The molecule has 1 amide bonds. The molecule has 0 aromatic heterocycles. The number of nitrogens with one attached hydrogen (secondary N) is 2. The van der Waals surface area contributed by atoms with E-state index in [0.29, 0.717) is 25.9 Å². The van der Waals surface area contributed by atoms with E-state index in [0.717, 1.165) is 0 Å². The van der Waals surface area contributed by atoms with Crippen molar-refractivity contribution in [3.63, 3.8) is 0 Å². The van der Waals surface area contributed by atoms with Crippen LogP contribution in [0.5, 0.6) is 0 Å². The first-order chi connectivity index (χ1) is 8.06. The number of nitrogens with zero attached hydrogens (tertiary/aromatic N) is 1. The number of hydrogen-bond acceptors (Lipinski definition) is 5. The fraction of sp³-hybridized carbons (Fsp3) is 0.800. The average molecular weight is 259 g/mol. The standard InChI is InChI=1S/C10H17N3O3S/c11-4-2-5-13-10(14)8-12-7-9-3-1-6-17(9,15)16/h9,12H,1-3,5-8H2,(H,13,14). The third-order valence-corrected chi connectivity index (χ3v) is 4.96. The predicted octanol–water partition coefficient (Wildman–Crippen LogP) is -0.817. The normalized spacial score (nSPS) is 21.9. The molecule has 0 aromatic rings. The Balaban J connectivity index is 2.16. The molecule has 0 radical (unpaired) electrons. The van der Waals surface area contributed by atoms with Crippen LogP contribution < -0.4 is 10.6 Å². The molecule has 1 fully saturated rings. The second kappa shape index (κ2) is 6.57. The molecule has 96 valence electrons. The lowest BCUT2D eigenvalue weighted by molar-refractivity contribution is -0.120. The summed E-state index contributed by atoms with van der Waals surface area (Å²) in [5, 5.41) is 13.3. The van der Waals surface area contributed by atoms with Crippen LogP contribution >= 0.6 is 0 Å². The molecular weight excluding hydrogens is 242 g/mol. The fourth-order valence-corrected chi connectivity index (χ4v) is 3.55. The van der Waals surface area contributed by atoms with Gasteiger partial charge in [-0.05, 0) is 12.8 Å². The lowest BCUT2D eigenvalue weighted by atomic mass is 10.2. The van der Waals surface area contributed by atoms with E-state index in [2.05, 4.69) is 10.6 Å². The summed E-state index contributed by atoms with van der Waals surface area (Å²) in [7, 11) is -2.94. The van der Waals surface area contributed by atoms with Crippen molar-refractivity contribution in [1.82, 2.24) is 10.6 Å². The Morgan fingerprint density at radius 1 is 1.47 bits per heavy atom. The van der Waals surface area contributed by atoms with E-state index in [1.807, 2.05) is 6.07 Å². The number of amides is 1. The summed E-state index contributed by atoms with van der Waals surface area (Å²) in [6.45, 7) is 0.754. The molecular formula is C10H17N3O3S. The van der Waals surface area contributed by atoms with E-state index in [1.54, 1.807) is 0 Å². The first kappa shape index (κ1) is 13.9. The summed E-state index contributed by atoms with van der Waals surface area (Å²) in [6, 6.07) is 1.92. The van der Waals surface area contributed by atoms with E-state index in [4.69, 9.17) is 5.26 Å². The van der Waals surface area contributed by atoms with Crippen LogP contribution in [0.2, 0.25) is 0 Å². The van der Waals surface area contributed by atoms with Gasteiger partial charge in [0.2, 0.25) is 5.91 Å². The van der Waals surface area contributed by atoms with Crippen LogP contribution in [0.3, 0.4) is 0 Å². The van der Waals surface area contributed by atoms with Crippen LogP contribution in [0.4, 0.5) is 0 Å². The number of hydrogen-bond donors (Lipinski definition) is 2. The van der Waals surface area contributed by atoms with Gasteiger partial charge < -0.3 is 10.6 Å². The van der Waals surface area contributed by atoms with Gasteiger partial charge in [0.1, 0.15) is 0 Å². The van der Waals surface area contributed by atoms with Crippen molar-refractivity contribution in [3.8, 4) is 6.07 Å². The summed E-state index contributed by atoms with van der Waals surface area (Å²) >= 11 is 0. The molecule has 17 heavy (non-hydrogen) atoms. The van der Waals surface area contributed by atoms with Gasteiger partial charge in [-0.15, -0.1) is 0 Å². The van der Waals surface area contributed by atoms with Crippen molar-refractivity contribution < 1.29 is 13.2 Å². The SMILES string of the molecule is N#CCCNC(=O)CNCC1CCCS1(=O)=O. The van der Waals surface area contributed by atoms with E-state index in [9.17, 15) is 13.2 Å². The van der Waals surface area contributed by atoms with Crippen molar-refractivity contribution in [2.75, 3.05) is 25.4 Å². The first-order valence-corrected chi connectivity index (χ1v) is 7.34. The first-order valence-electron chi connectivity index (χ1n) is 5.62. The minimum atomic E-state index is -2.94. The summed E-state index contributed by atoms with van der Waals surface area (Å²) in [4.78, 5) is 11.2. The van der Waals surface area contributed by atoms with Gasteiger partial charge in [-0.1, -0.05) is 0 Å². The van der Waals surface area contributed by atoms with Crippen molar-refractivity contribution >= 4 is 15.7 Å². The van der Waals surface area contributed by atoms with E-state index < -0.39 is 9.84 Å². The average Bonchev–Trinajstić information content (AvgIpc) is 2.59. The molecule has 1 unspecified atom stereocenters. The minimum Gasteiger partial charge on any atom is -0.354 e. The smallest absolute Gasteiger partial charge is 0.233 e. The molecule has 7 heteroatoms. The van der Waals surface area contributed by atoms with Crippen LogP contribution in [-0.4, -0.2) is 45.0 Å². The lowest BCUT2D eigenvalue weighted by Gasteiger charge is -2.10. The maximum atomic E-state index is 11.5. The maximum Gasteiger partial charge on any atom is 0.233 e. The van der Waals surface area contributed by atoms with Crippen molar-refractivity contribution in [1.29, 1.82) is 5.26 Å². The number of carbonyl (C=O) groups excluding carboxylic acids is 1. The summed E-state index contributed by atoms with van der Waals surface area (Å²) in [5.41, 5.74) is 0. The second-order valence-electron chi connectivity index (χ2n) is 4.02. The Bertz CT molecular complexity index is 400. The maximum absolute atomic E-state index is 11.5. The quantitative estimate of drug-likeness (QED) is 0.607. The molecule has 1 heterocycles. The van der Waals surface area contributed by atoms with E-state index >= 15 is 0 Å².